The Kier molecular flexibility index (Phi) is 7.05. The molecule has 0 saturated heterocycles. The number of carbonyl (C=O) groups is 1. The largest absolute Gasteiger partial charge is 0.465 e. The number of rotatable bonds is 4. The molecule has 0 aliphatic carbocycles. The smallest absolute Gasteiger partial charge is 0.419 e. The number of ether oxygens (including phenoxy) is 2. The molecule has 0 aliphatic rings. The maximum Gasteiger partial charge on any atom is 0.419 e. The summed E-state index contributed by atoms with van der Waals surface area (Å²) in [6.45, 7) is 7.49. The van der Waals surface area contributed by atoms with Gasteiger partial charge in [-0.25, -0.2) is 9.18 Å². The van der Waals surface area contributed by atoms with Gasteiger partial charge in [0, 0.05) is 6.42 Å². The molecule has 1 rings (SSSR count). The predicted molar refractivity (Wildman–Crippen MR) is 72.5 cm³/mol. The van der Waals surface area contributed by atoms with Gasteiger partial charge in [0.25, 0.3) is 5.72 Å². The normalized spacial score (nSPS) is 13.4. The molecule has 0 unspecified atom stereocenters. The Morgan fingerprint density at radius 2 is 1.86 bits per heavy atom. The van der Waals surface area contributed by atoms with E-state index in [1.54, 1.807) is 0 Å². The van der Waals surface area contributed by atoms with Gasteiger partial charge in [-0.05, 0) is 18.2 Å². The van der Waals surface area contributed by atoms with Crippen molar-refractivity contribution in [2.75, 3.05) is 7.11 Å². The minimum Gasteiger partial charge on any atom is -0.465 e. The maximum absolute atomic E-state index is 13.1. The molecule has 0 bridgehead atoms. The highest BCUT2D eigenvalue weighted by Gasteiger charge is 2.38. The summed E-state index contributed by atoms with van der Waals surface area (Å²) in [6, 6.07) is 1.98. The fourth-order valence-corrected chi connectivity index (χ4v) is 1.43. The van der Waals surface area contributed by atoms with E-state index in [9.17, 15) is 22.4 Å². The van der Waals surface area contributed by atoms with Gasteiger partial charge in [0.05, 0.1) is 12.7 Å². The first kappa shape index (κ1) is 19.9. The van der Waals surface area contributed by atoms with Crippen LogP contribution in [0.15, 0.2) is 31.4 Å². The Balaban J connectivity index is 0.00000211. The van der Waals surface area contributed by atoms with Gasteiger partial charge in [-0.3, -0.25) is 5.73 Å². The molecule has 0 aromatic heterocycles. The van der Waals surface area contributed by atoms with E-state index in [1.165, 1.54) is 6.92 Å². The Labute approximate surface area is 125 Å². The summed E-state index contributed by atoms with van der Waals surface area (Å²) in [4.78, 5) is 11.4. The zero-order chi connectivity index (χ0) is 17.6. The first-order valence-electron chi connectivity index (χ1n) is 6.07. The lowest BCUT2D eigenvalue weighted by molar-refractivity contribution is -0.159. The van der Waals surface area contributed by atoms with E-state index < -0.39 is 29.3 Å². The summed E-state index contributed by atoms with van der Waals surface area (Å²) in [5.41, 5.74) is 2.17. The molecule has 1 atom stereocenters. The van der Waals surface area contributed by atoms with Gasteiger partial charge in [-0.15, -0.1) is 13.2 Å². The van der Waals surface area contributed by atoms with Crippen LogP contribution in [0.2, 0.25) is 0 Å². The highest BCUT2D eigenvalue weighted by molar-refractivity contribution is 5.79. The summed E-state index contributed by atoms with van der Waals surface area (Å²) in [5, 5.41) is 0. The second-order valence-electron chi connectivity index (χ2n) is 3.98. The quantitative estimate of drug-likeness (QED) is 0.400. The van der Waals surface area contributed by atoms with E-state index in [1.807, 2.05) is 0 Å². The highest BCUT2D eigenvalue weighted by Crippen LogP contribution is 2.34. The SMILES string of the molecule is C=C.CC[C@](N)(Oc1ccc(F)c(C(F)(F)F)c1)C(=O)OC. The predicted octanol–water partition coefficient (Wildman–Crippen LogP) is 3.26. The number of alkyl halides is 3. The number of nitrogens with two attached hydrogens (primary N) is 1. The fourth-order valence-electron chi connectivity index (χ4n) is 1.43. The summed E-state index contributed by atoms with van der Waals surface area (Å²) in [6.07, 6.45) is -4.92. The van der Waals surface area contributed by atoms with Crippen LogP contribution in [0, 0.1) is 5.82 Å². The Bertz CT molecular complexity index is 519. The summed E-state index contributed by atoms with van der Waals surface area (Å²) in [5.74, 6) is -2.77. The molecule has 0 amide bonds. The molecule has 1 aromatic carbocycles. The van der Waals surface area contributed by atoms with Crippen LogP contribution in [0.3, 0.4) is 0 Å². The fraction of sp³-hybridized carbons (Fsp3) is 0.357. The third-order valence-electron chi connectivity index (χ3n) is 2.60. The van der Waals surface area contributed by atoms with Crippen molar-refractivity contribution in [2.45, 2.75) is 25.2 Å². The molecule has 22 heavy (non-hydrogen) atoms. The van der Waals surface area contributed by atoms with E-state index in [-0.39, 0.29) is 12.2 Å². The number of carbonyl (C=O) groups excluding carboxylic acids is 1. The molecule has 0 spiro atoms. The second-order valence-corrected chi connectivity index (χ2v) is 3.98. The van der Waals surface area contributed by atoms with Crippen molar-refractivity contribution in [1.29, 1.82) is 0 Å². The van der Waals surface area contributed by atoms with Gasteiger partial charge >= 0.3 is 12.1 Å². The summed E-state index contributed by atoms with van der Waals surface area (Å²) >= 11 is 0. The first-order valence-corrected chi connectivity index (χ1v) is 6.07. The van der Waals surface area contributed by atoms with E-state index in [0.29, 0.717) is 12.1 Å². The van der Waals surface area contributed by atoms with Gasteiger partial charge in [0.15, 0.2) is 0 Å². The van der Waals surface area contributed by atoms with Crippen molar-refractivity contribution in [3.8, 4) is 5.75 Å². The van der Waals surface area contributed by atoms with Crippen LogP contribution < -0.4 is 10.5 Å². The third-order valence-corrected chi connectivity index (χ3v) is 2.60. The van der Waals surface area contributed by atoms with Gasteiger partial charge in [-0.1, -0.05) is 6.92 Å². The Morgan fingerprint density at radius 3 is 2.27 bits per heavy atom. The van der Waals surface area contributed by atoms with Crippen molar-refractivity contribution in [2.24, 2.45) is 5.73 Å². The lowest BCUT2D eigenvalue weighted by atomic mass is 10.1. The molecule has 0 fully saturated rings. The molecule has 8 heteroatoms. The van der Waals surface area contributed by atoms with Gasteiger partial charge in [0.2, 0.25) is 0 Å². The first-order chi connectivity index (χ1) is 10.1. The topological polar surface area (TPSA) is 61.5 Å². The van der Waals surface area contributed by atoms with E-state index in [2.05, 4.69) is 17.9 Å². The van der Waals surface area contributed by atoms with Crippen molar-refractivity contribution >= 4 is 5.97 Å². The minimum absolute atomic E-state index is 0.0433. The Morgan fingerprint density at radius 1 is 1.32 bits per heavy atom. The average Bonchev–Trinajstić information content (AvgIpc) is 2.49. The Hall–Kier alpha value is -2.09. The number of halogens is 4. The number of hydrogen-bond acceptors (Lipinski definition) is 4. The molecule has 0 aliphatic heterocycles. The number of benzene rings is 1. The second kappa shape index (κ2) is 7.79. The number of esters is 1. The van der Waals surface area contributed by atoms with Crippen LogP contribution in [0.4, 0.5) is 17.6 Å². The van der Waals surface area contributed by atoms with Crippen molar-refractivity contribution < 1.29 is 31.8 Å². The molecule has 0 saturated carbocycles. The van der Waals surface area contributed by atoms with Gasteiger partial charge < -0.3 is 9.47 Å². The molecular weight excluding hydrogens is 306 g/mol. The van der Waals surface area contributed by atoms with Crippen molar-refractivity contribution in [3.63, 3.8) is 0 Å². The minimum atomic E-state index is -4.88. The zero-order valence-electron chi connectivity index (χ0n) is 12.2. The van der Waals surface area contributed by atoms with Crippen molar-refractivity contribution in [1.82, 2.24) is 0 Å². The van der Waals surface area contributed by atoms with Crippen LogP contribution in [0.1, 0.15) is 18.9 Å². The average molecular weight is 323 g/mol. The lowest BCUT2D eigenvalue weighted by Gasteiger charge is -2.26. The highest BCUT2D eigenvalue weighted by atomic mass is 19.4. The summed E-state index contributed by atoms with van der Waals surface area (Å²) < 4.78 is 60.2. The molecule has 0 heterocycles. The van der Waals surface area contributed by atoms with Crippen LogP contribution in [0.5, 0.6) is 5.75 Å². The van der Waals surface area contributed by atoms with Gasteiger partial charge in [-0.2, -0.15) is 13.2 Å². The standard InChI is InChI=1S/C12H13F4NO3.C2H4/c1-3-11(17,10(18)19-2)20-7-4-5-9(13)8(6-7)12(14,15)16;1-2/h4-6H,3,17H2,1-2H3;1-2H2/t11-;/m0./s1. The van der Waals surface area contributed by atoms with Crippen LogP contribution >= 0.6 is 0 Å². The van der Waals surface area contributed by atoms with Gasteiger partial charge in [0.1, 0.15) is 11.6 Å². The summed E-state index contributed by atoms with van der Waals surface area (Å²) in [7, 11) is 1.06. The van der Waals surface area contributed by atoms with Crippen LogP contribution in [0.25, 0.3) is 0 Å². The van der Waals surface area contributed by atoms with Crippen LogP contribution in [-0.2, 0) is 15.7 Å². The molecule has 2 N–H and O–H groups in total. The molecular formula is C14H17F4NO3. The van der Waals surface area contributed by atoms with E-state index in [4.69, 9.17) is 10.5 Å². The van der Waals surface area contributed by atoms with Crippen molar-refractivity contribution in [3.05, 3.63) is 42.7 Å². The monoisotopic (exact) mass is 323 g/mol. The number of methoxy groups -OCH3 is 1. The van der Waals surface area contributed by atoms with E-state index >= 15 is 0 Å². The maximum atomic E-state index is 13.1. The van der Waals surface area contributed by atoms with E-state index in [0.717, 1.165) is 13.2 Å². The number of hydrogen-bond donors (Lipinski definition) is 1. The van der Waals surface area contributed by atoms with Crippen LogP contribution in [-0.4, -0.2) is 18.8 Å². The molecule has 0 radical (unpaired) electrons. The molecule has 4 nitrogen and oxygen atoms in total. The third kappa shape index (κ3) is 4.73. The lowest BCUT2D eigenvalue weighted by Crippen LogP contribution is -2.53. The zero-order valence-corrected chi connectivity index (χ0v) is 12.2. The molecule has 124 valence electrons. The molecule has 1 aromatic rings.